The molecule has 0 unspecified atom stereocenters. The number of carbonyl (C=O) groups excluding carboxylic acids is 1. The van der Waals surface area contributed by atoms with Crippen molar-refractivity contribution in [2.24, 2.45) is 5.41 Å². The van der Waals surface area contributed by atoms with Gasteiger partial charge in [0.2, 0.25) is 5.76 Å². The highest BCUT2D eigenvalue weighted by atomic mass is 16.5. The van der Waals surface area contributed by atoms with Crippen LogP contribution in [0.4, 0.5) is 0 Å². The fourth-order valence-electron chi connectivity index (χ4n) is 1.45. The molecule has 1 aromatic heterocycles. The minimum atomic E-state index is -1.19. The van der Waals surface area contributed by atoms with E-state index in [1.165, 1.54) is 12.1 Å². The van der Waals surface area contributed by atoms with E-state index in [-0.39, 0.29) is 16.9 Å². The van der Waals surface area contributed by atoms with Crippen LogP contribution in [-0.4, -0.2) is 37.2 Å². The van der Waals surface area contributed by atoms with Gasteiger partial charge in [-0.15, -0.1) is 0 Å². The van der Waals surface area contributed by atoms with Gasteiger partial charge in [-0.2, -0.15) is 0 Å². The monoisotopic (exact) mass is 269 g/mol. The Labute approximate surface area is 111 Å². The van der Waals surface area contributed by atoms with Crippen molar-refractivity contribution in [2.75, 3.05) is 20.3 Å². The van der Waals surface area contributed by atoms with Crippen molar-refractivity contribution in [3.63, 3.8) is 0 Å². The normalized spacial score (nSPS) is 11.3. The molecular formula is C13H19NO5. The zero-order valence-corrected chi connectivity index (χ0v) is 11.4. The number of furan rings is 1. The van der Waals surface area contributed by atoms with Gasteiger partial charge in [-0.3, -0.25) is 4.79 Å². The van der Waals surface area contributed by atoms with E-state index in [2.05, 4.69) is 5.32 Å². The number of rotatable bonds is 7. The van der Waals surface area contributed by atoms with Crippen LogP contribution in [0.25, 0.3) is 0 Å². The van der Waals surface area contributed by atoms with Gasteiger partial charge in [0.05, 0.1) is 0 Å². The summed E-state index contributed by atoms with van der Waals surface area (Å²) in [5, 5.41) is 11.4. The van der Waals surface area contributed by atoms with Gasteiger partial charge in [0, 0.05) is 20.3 Å². The van der Waals surface area contributed by atoms with Crippen LogP contribution in [0.5, 0.6) is 0 Å². The predicted octanol–water partition coefficient (Wildman–Crippen LogP) is 1.77. The molecule has 6 heteroatoms. The van der Waals surface area contributed by atoms with Crippen molar-refractivity contribution in [3.05, 3.63) is 23.7 Å². The lowest BCUT2D eigenvalue weighted by Crippen LogP contribution is -2.34. The zero-order chi connectivity index (χ0) is 14.5. The van der Waals surface area contributed by atoms with E-state index in [1.54, 1.807) is 7.11 Å². The molecule has 6 nitrogen and oxygen atoms in total. The molecule has 19 heavy (non-hydrogen) atoms. The highest BCUT2D eigenvalue weighted by Crippen LogP contribution is 2.19. The number of carboxylic acid groups (broad SMARTS) is 1. The maximum atomic E-state index is 11.8. The predicted molar refractivity (Wildman–Crippen MR) is 68.3 cm³/mol. The number of hydrogen-bond acceptors (Lipinski definition) is 4. The molecule has 0 aliphatic carbocycles. The smallest absolute Gasteiger partial charge is 0.371 e. The maximum Gasteiger partial charge on any atom is 0.371 e. The van der Waals surface area contributed by atoms with Crippen molar-refractivity contribution in [1.29, 1.82) is 0 Å². The average molecular weight is 269 g/mol. The summed E-state index contributed by atoms with van der Waals surface area (Å²) in [6.45, 7) is 5.10. The van der Waals surface area contributed by atoms with Crippen LogP contribution >= 0.6 is 0 Å². The summed E-state index contributed by atoms with van der Waals surface area (Å²) in [5.74, 6) is -1.86. The molecule has 1 amide bonds. The van der Waals surface area contributed by atoms with Crippen LogP contribution in [0, 0.1) is 5.41 Å². The second-order valence-electron chi connectivity index (χ2n) is 5.06. The third-order valence-corrected chi connectivity index (χ3v) is 2.75. The molecule has 106 valence electrons. The van der Waals surface area contributed by atoms with Gasteiger partial charge in [0.1, 0.15) is 0 Å². The van der Waals surface area contributed by atoms with Gasteiger partial charge in [-0.05, 0) is 24.0 Å². The molecule has 0 atom stereocenters. The van der Waals surface area contributed by atoms with Crippen LogP contribution in [-0.2, 0) is 4.74 Å². The number of aromatic carboxylic acids is 1. The summed E-state index contributed by atoms with van der Waals surface area (Å²) in [6, 6.07) is 2.61. The van der Waals surface area contributed by atoms with Crippen molar-refractivity contribution >= 4 is 11.9 Å². The van der Waals surface area contributed by atoms with Crippen molar-refractivity contribution in [3.8, 4) is 0 Å². The molecule has 0 aliphatic heterocycles. The lowest BCUT2D eigenvalue weighted by molar-refractivity contribution is 0.0659. The van der Waals surface area contributed by atoms with Crippen LogP contribution < -0.4 is 5.32 Å². The molecule has 0 aromatic carbocycles. The standard InChI is InChI=1S/C13H19NO5/c1-13(2,6-7-18-3)8-14-11(15)9-4-5-10(19-9)12(16)17/h4-5H,6-8H2,1-3H3,(H,14,15)(H,16,17). The molecular weight excluding hydrogens is 250 g/mol. The first-order valence-corrected chi connectivity index (χ1v) is 5.96. The maximum absolute atomic E-state index is 11.8. The average Bonchev–Trinajstić information content (AvgIpc) is 2.83. The first-order valence-electron chi connectivity index (χ1n) is 5.96. The fraction of sp³-hybridized carbons (Fsp3) is 0.538. The van der Waals surface area contributed by atoms with Gasteiger partial charge in [-0.1, -0.05) is 13.8 Å². The van der Waals surface area contributed by atoms with E-state index in [9.17, 15) is 9.59 Å². The molecule has 1 rings (SSSR count). The first-order chi connectivity index (χ1) is 8.85. The Morgan fingerprint density at radius 1 is 1.37 bits per heavy atom. The third kappa shape index (κ3) is 4.75. The molecule has 0 spiro atoms. The molecule has 0 fully saturated rings. The highest BCUT2D eigenvalue weighted by Gasteiger charge is 2.20. The number of hydrogen-bond donors (Lipinski definition) is 2. The van der Waals surface area contributed by atoms with Crippen molar-refractivity contribution in [2.45, 2.75) is 20.3 Å². The van der Waals surface area contributed by atoms with Gasteiger partial charge in [-0.25, -0.2) is 4.79 Å². The largest absolute Gasteiger partial charge is 0.475 e. The highest BCUT2D eigenvalue weighted by molar-refractivity contribution is 5.93. The summed E-state index contributed by atoms with van der Waals surface area (Å²) in [7, 11) is 1.63. The number of amides is 1. The molecule has 0 radical (unpaired) electrons. The summed E-state index contributed by atoms with van der Waals surface area (Å²) in [6.07, 6.45) is 0.808. The minimum absolute atomic E-state index is 0.0000541. The SMILES string of the molecule is COCCC(C)(C)CNC(=O)c1ccc(C(=O)O)o1. The first kappa shape index (κ1) is 15.2. The summed E-state index contributed by atoms with van der Waals surface area (Å²) in [5.41, 5.74) is -0.103. The minimum Gasteiger partial charge on any atom is -0.475 e. The molecule has 0 bridgehead atoms. The molecule has 1 aromatic rings. The Bertz CT molecular complexity index is 450. The van der Waals surface area contributed by atoms with Gasteiger partial charge in [0.25, 0.3) is 5.91 Å². The Hall–Kier alpha value is -1.82. The molecule has 1 heterocycles. The van der Waals surface area contributed by atoms with E-state index in [0.717, 1.165) is 6.42 Å². The number of carbonyl (C=O) groups is 2. The Morgan fingerprint density at radius 2 is 2.00 bits per heavy atom. The van der Waals surface area contributed by atoms with Crippen LogP contribution in [0.1, 0.15) is 41.4 Å². The quantitative estimate of drug-likeness (QED) is 0.787. The number of methoxy groups -OCH3 is 1. The summed E-state index contributed by atoms with van der Waals surface area (Å²) >= 11 is 0. The Kier molecular flexibility index (Phi) is 5.11. The van der Waals surface area contributed by atoms with Gasteiger partial charge >= 0.3 is 5.97 Å². The Morgan fingerprint density at radius 3 is 2.53 bits per heavy atom. The van der Waals surface area contributed by atoms with Crippen molar-refractivity contribution in [1.82, 2.24) is 5.32 Å². The van der Waals surface area contributed by atoms with Gasteiger partial charge < -0.3 is 19.6 Å². The van der Waals surface area contributed by atoms with E-state index >= 15 is 0 Å². The second kappa shape index (κ2) is 6.38. The van der Waals surface area contributed by atoms with E-state index in [4.69, 9.17) is 14.3 Å². The lowest BCUT2D eigenvalue weighted by atomic mass is 9.90. The van der Waals surface area contributed by atoms with Crippen LogP contribution in [0.2, 0.25) is 0 Å². The van der Waals surface area contributed by atoms with E-state index in [1.807, 2.05) is 13.8 Å². The third-order valence-electron chi connectivity index (χ3n) is 2.75. The zero-order valence-electron chi connectivity index (χ0n) is 11.4. The molecule has 0 aliphatic rings. The van der Waals surface area contributed by atoms with E-state index in [0.29, 0.717) is 13.2 Å². The summed E-state index contributed by atoms with van der Waals surface area (Å²) < 4.78 is 9.92. The number of nitrogens with one attached hydrogen (secondary N) is 1. The van der Waals surface area contributed by atoms with Gasteiger partial charge in [0.15, 0.2) is 5.76 Å². The number of ether oxygens (including phenoxy) is 1. The lowest BCUT2D eigenvalue weighted by Gasteiger charge is -2.24. The topological polar surface area (TPSA) is 88.8 Å². The summed E-state index contributed by atoms with van der Waals surface area (Å²) in [4.78, 5) is 22.4. The Balaban J connectivity index is 2.52. The van der Waals surface area contributed by atoms with E-state index < -0.39 is 11.9 Å². The molecule has 2 N–H and O–H groups in total. The van der Waals surface area contributed by atoms with Crippen LogP contribution in [0.3, 0.4) is 0 Å². The van der Waals surface area contributed by atoms with Crippen molar-refractivity contribution < 1.29 is 23.8 Å². The molecule has 0 saturated carbocycles. The number of carboxylic acids is 1. The van der Waals surface area contributed by atoms with Crippen LogP contribution in [0.15, 0.2) is 16.5 Å². The second-order valence-corrected chi connectivity index (χ2v) is 5.06. The fourth-order valence-corrected chi connectivity index (χ4v) is 1.45. The molecule has 0 saturated heterocycles.